The van der Waals surface area contributed by atoms with Crippen molar-refractivity contribution in [1.29, 1.82) is 0 Å². The quantitative estimate of drug-likeness (QED) is 0.373. The highest BCUT2D eigenvalue weighted by Crippen LogP contribution is 2.28. The summed E-state index contributed by atoms with van der Waals surface area (Å²) >= 11 is 6.36. The molecule has 7 heteroatoms. The molecule has 0 amide bonds. The Bertz CT molecular complexity index is 1020. The number of nitrogens with zero attached hydrogens (tertiary/aromatic N) is 2. The molecule has 4 rings (SSSR count). The average molecular weight is 503 g/mol. The van der Waals surface area contributed by atoms with Gasteiger partial charge in [0.2, 0.25) is 0 Å². The van der Waals surface area contributed by atoms with Gasteiger partial charge < -0.3 is 19.1 Å². The molecule has 0 saturated carbocycles. The molecule has 1 fully saturated rings. The molecule has 3 aromatic rings. The van der Waals surface area contributed by atoms with Crippen molar-refractivity contribution < 1.29 is 14.2 Å². The van der Waals surface area contributed by atoms with Gasteiger partial charge in [0, 0.05) is 50.9 Å². The van der Waals surface area contributed by atoms with E-state index >= 15 is 0 Å². The van der Waals surface area contributed by atoms with E-state index in [1.807, 2.05) is 30.3 Å². The predicted octanol–water partition coefficient (Wildman–Crippen LogP) is 5.72. The van der Waals surface area contributed by atoms with Crippen LogP contribution in [-0.4, -0.2) is 51.8 Å². The number of methoxy groups -OCH3 is 2. The Morgan fingerprint density at radius 3 is 1.97 bits per heavy atom. The molecule has 0 aromatic heterocycles. The summed E-state index contributed by atoms with van der Waals surface area (Å²) in [6, 6.07) is 22.3. The van der Waals surface area contributed by atoms with Crippen molar-refractivity contribution in [3.05, 3.63) is 82.9 Å². The topological polar surface area (TPSA) is 34.2 Å². The Morgan fingerprint density at radius 2 is 1.35 bits per heavy atom. The molecule has 1 aliphatic rings. The second-order valence-corrected chi connectivity index (χ2v) is 8.59. The van der Waals surface area contributed by atoms with Gasteiger partial charge >= 0.3 is 0 Å². The highest BCUT2D eigenvalue weighted by molar-refractivity contribution is 6.33. The summed E-state index contributed by atoms with van der Waals surface area (Å²) < 4.78 is 16.6. The molecule has 0 aliphatic carbocycles. The van der Waals surface area contributed by atoms with Crippen LogP contribution in [-0.2, 0) is 13.0 Å². The fourth-order valence-corrected chi connectivity index (χ4v) is 4.30. The zero-order valence-electron chi connectivity index (χ0n) is 19.7. The van der Waals surface area contributed by atoms with Crippen LogP contribution in [0.15, 0.2) is 66.7 Å². The molecule has 34 heavy (non-hydrogen) atoms. The first kappa shape index (κ1) is 26.0. The van der Waals surface area contributed by atoms with Gasteiger partial charge in [0.1, 0.15) is 23.9 Å². The first-order valence-electron chi connectivity index (χ1n) is 11.3. The van der Waals surface area contributed by atoms with Gasteiger partial charge in [0.25, 0.3) is 0 Å². The SMILES string of the molecule is COc1cc(OC)cc(OCc2ccc(CCN3CCN(c4ccccc4Cl)CC3)cc2)c1.Cl. The summed E-state index contributed by atoms with van der Waals surface area (Å²) in [5, 5.41) is 0.834. The number of ether oxygens (including phenoxy) is 3. The van der Waals surface area contributed by atoms with E-state index in [0.29, 0.717) is 18.1 Å². The minimum atomic E-state index is 0. The van der Waals surface area contributed by atoms with E-state index in [-0.39, 0.29) is 12.4 Å². The second-order valence-electron chi connectivity index (χ2n) is 8.18. The highest BCUT2D eigenvalue weighted by Gasteiger charge is 2.18. The van der Waals surface area contributed by atoms with Gasteiger partial charge in [0.05, 0.1) is 24.9 Å². The van der Waals surface area contributed by atoms with Gasteiger partial charge in [-0.15, -0.1) is 12.4 Å². The number of hydrogen-bond acceptors (Lipinski definition) is 5. The van der Waals surface area contributed by atoms with Gasteiger partial charge in [-0.1, -0.05) is 48.0 Å². The molecule has 0 bridgehead atoms. The van der Waals surface area contributed by atoms with E-state index in [1.54, 1.807) is 14.2 Å². The number of rotatable bonds is 9. The van der Waals surface area contributed by atoms with Crippen LogP contribution in [0.5, 0.6) is 17.2 Å². The molecule has 0 unspecified atom stereocenters. The van der Waals surface area contributed by atoms with Crippen LogP contribution >= 0.6 is 24.0 Å². The summed E-state index contributed by atoms with van der Waals surface area (Å²) in [4.78, 5) is 4.91. The van der Waals surface area contributed by atoms with Crippen molar-refractivity contribution in [2.24, 2.45) is 0 Å². The van der Waals surface area contributed by atoms with E-state index in [9.17, 15) is 0 Å². The minimum Gasteiger partial charge on any atom is -0.496 e. The first-order chi connectivity index (χ1) is 16.1. The number of hydrogen-bond donors (Lipinski definition) is 0. The maximum absolute atomic E-state index is 6.36. The molecule has 1 saturated heterocycles. The van der Waals surface area contributed by atoms with Crippen LogP contribution in [0.25, 0.3) is 0 Å². The molecule has 3 aromatic carbocycles. The van der Waals surface area contributed by atoms with Crippen molar-refractivity contribution in [1.82, 2.24) is 4.90 Å². The Hall–Kier alpha value is -2.60. The lowest BCUT2D eigenvalue weighted by Gasteiger charge is -2.36. The zero-order chi connectivity index (χ0) is 23.0. The Balaban J connectivity index is 0.00000324. The van der Waals surface area contributed by atoms with Gasteiger partial charge in [0.15, 0.2) is 0 Å². The largest absolute Gasteiger partial charge is 0.496 e. The van der Waals surface area contributed by atoms with Gasteiger partial charge in [-0.05, 0) is 29.7 Å². The van der Waals surface area contributed by atoms with Crippen LogP contribution in [0.3, 0.4) is 0 Å². The molecule has 1 heterocycles. The summed E-state index contributed by atoms with van der Waals surface area (Å²) in [5.41, 5.74) is 3.62. The number of anilines is 1. The molecule has 182 valence electrons. The van der Waals surface area contributed by atoms with Crippen molar-refractivity contribution in [2.75, 3.05) is 51.8 Å². The fraction of sp³-hybridized carbons (Fsp3) is 0.333. The van der Waals surface area contributed by atoms with Gasteiger partial charge in [-0.3, -0.25) is 4.90 Å². The molecular weight excluding hydrogens is 471 g/mol. The molecule has 0 spiro atoms. The van der Waals surface area contributed by atoms with Crippen LogP contribution in [0.4, 0.5) is 5.69 Å². The number of halogens is 2. The van der Waals surface area contributed by atoms with E-state index in [0.717, 1.165) is 61.2 Å². The molecule has 5 nitrogen and oxygen atoms in total. The van der Waals surface area contributed by atoms with Crippen molar-refractivity contribution >= 4 is 29.7 Å². The molecule has 0 radical (unpaired) electrons. The van der Waals surface area contributed by atoms with Crippen LogP contribution in [0, 0.1) is 0 Å². The van der Waals surface area contributed by atoms with Gasteiger partial charge in [-0.2, -0.15) is 0 Å². The van der Waals surface area contributed by atoms with E-state index < -0.39 is 0 Å². The Labute approximate surface area is 213 Å². The van der Waals surface area contributed by atoms with Crippen LogP contribution < -0.4 is 19.1 Å². The summed E-state index contributed by atoms with van der Waals surface area (Å²) in [7, 11) is 3.27. The monoisotopic (exact) mass is 502 g/mol. The highest BCUT2D eigenvalue weighted by atomic mass is 35.5. The number of para-hydroxylation sites is 1. The molecular formula is C27H32Cl2N2O3. The molecule has 0 atom stereocenters. The Kier molecular flexibility index (Phi) is 9.75. The summed E-state index contributed by atoms with van der Waals surface area (Å²) in [6.07, 6.45) is 1.04. The Morgan fingerprint density at radius 1 is 0.765 bits per heavy atom. The summed E-state index contributed by atoms with van der Waals surface area (Å²) in [5.74, 6) is 2.16. The summed E-state index contributed by atoms with van der Waals surface area (Å²) in [6.45, 7) is 5.70. The lowest BCUT2D eigenvalue weighted by Crippen LogP contribution is -2.47. The normalized spacial score (nSPS) is 13.8. The van der Waals surface area contributed by atoms with Crippen LogP contribution in [0.1, 0.15) is 11.1 Å². The lowest BCUT2D eigenvalue weighted by molar-refractivity contribution is 0.261. The number of benzene rings is 3. The second kappa shape index (κ2) is 12.7. The first-order valence-corrected chi connectivity index (χ1v) is 11.7. The van der Waals surface area contributed by atoms with E-state index in [2.05, 4.69) is 46.2 Å². The van der Waals surface area contributed by atoms with Gasteiger partial charge in [-0.25, -0.2) is 0 Å². The minimum absolute atomic E-state index is 0. The fourth-order valence-electron chi connectivity index (χ4n) is 4.04. The van der Waals surface area contributed by atoms with E-state index in [1.165, 1.54) is 5.56 Å². The third kappa shape index (κ3) is 6.95. The van der Waals surface area contributed by atoms with Crippen molar-refractivity contribution in [3.8, 4) is 17.2 Å². The predicted molar refractivity (Wildman–Crippen MR) is 141 cm³/mol. The standard InChI is InChI=1S/C27H31ClN2O3.ClH/c1-31-23-17-24(32-2)19-25(18-23)33-20-22-9-7-21(8-10-22)11-12-29-13-15-30(16-14-29)27-6-4-3-5-26(27)28;/h3-10,17-19H,11-16,20H2,1-2H3;1H. The average Bonchev–Trinajstić information content (AvgIpc) is 2.87. The maximum Gasteiger partial charge on any atom is 0.127 e. The molecule has 1 aliphatic heterocycles. The third-order valence-corrected chi connectivity index (χ3v) is 6.36. The lowest BCUT2D eigenvalue weighted by atomic mass is 10.1. The van der Waals surface area contributed by atoms with Crippen molar-refractivity contribution in [3.63, 3.8) is 0 Å². The zero-order valence-corrected chi connectivity index (χ0v) is 21.3. The van der Waals surface area contributed by atoms with Crippen LogP contribution in [0.2, 0.25) is 5.02 Å². The maximum atomic E-state index is 6.36. The number of piperazine rings is 1. The molecule has 0 N–H and O–H groups in total. The third-order valence-electron chi connectivity index (χ3n) is 6.04. The van der Waals surface area contributed by atoms with E-state index in [4.69, 9.17) is 25.8 Å². The van der Waals surface area contributed by atoms with Crippen molar-refractivity contribution in [2.45, 2.75) is 13.0 Å². The smallest absolute Gasteiger partial charge is 0.127 e.